The van der Waals surface area contributed by atoms with Crippen molar-refractivity contribution in [2.75, 3.05) is 32.7 Å². The van der Waals surface area contributed by atoms with Crippen LogP contribution in [0.5, 0.6) is 0 Å². The third-order valence-corrected chi connectivity index (χ3v) is 8.21. The molecule has 4 rings (SSSR count). The van der Waals surface area contributed by atoms with Crippen molar-refractivity contribution in [2.45, 2.75) is 18.4 Å². The number of carbonyl (C=O) groups excluding carboxylic acids is 1. The lowest BCUT2D eigenvalue weighted by molar-refractivity contribution is -0.122. The summed E-state index contributed by atoms with van der Waals surface area (Å²) in [4.78, 5) is 16.9. The van der Waals surface area contributed by atoms with Gasteiger partial charge in [-0.1, -0.05) is 30.3 Å². The van der Waals surface area contributed by atoms with Crippen LogP contribution in [0.1, 0.15) is 9.75 Å². The summed E-state index contributed by atoms with van der Waals surface area (Å²) in [7, 11) is -3.54. The zero-order chi connectivity index (χ0) is 21.1. The second-order valence-electron chi connectivity index (χ2n) is 7.48. The van der Waals surface area contributed by atoms with Crippen LogP contribution >= 0.6 is 11.3 Å². The van der Waals surface area contributed by atoms with Gasteiger partial charge in [0.1, 0.15) is 0 Å². The highest BCUT2D eigenvalue weighted by molar-refractivity contribution is 7.89. The summed E-state index contributed by atoms with van der Waals surface area (Å²) in [5.74, 6) is -0.0353. The first-order valence-corrected chi connectivity index (χ1v) is 12.2. The van der Waals surface area contributed by atoms with Crippen LogP contribution in [0.25, 0.3) is 10.8 Å². The highest BCUT2D eigenvalue weighted by atomic mass is 32.2. The van der Waals surface area contributed by atoms with Gasteiger partial charge in [0.25, 0.3) is 0 Å². The third kappa shape index (κ3) is 4.73. The maximum absolute atomic E-state index is 13.1. The minimum absolute atomic E-state index is 0.0353. The fraction of sp³-hybridized carbons (Fsp3) is 0.318. The van der Waals surface area contributed by atoms with Crippen LogP contribution in [-0.4, -0.2) is 56.3 Å². The van der Waals surface area contributed by atoms with Crippen molar-refractivity contribution in [3.05, 3.63) is 64.4 Å². The number of piperazine rings is 1. The highest BCUT2D eigenvalue weighted by Crippen LogP contribution is 2.23. The van der Waals surface area contributed by atoms with Gasteiger partial charge in [-0.15, -0.1) is 11.3 Å². The molecule has 0 spiro atoms. The Kier molecular flexibility index (Phi) is 6.19. The summed E-state index contributed by atoms with van der Waals surface area (Å²) in [6, 6.07) is 17.0. The normalized spacial score (nSPS) is 16.0. The minimum Gasteiger partial charge on any atom is -0.350 e. The number of hydrogen-bond donors (Lipinski definition) is 1. The Labute approximate surface area is 181 Å². The van der Waals surface area contributed by atoms with Gasteiger partial charge in [-0.05, 0) is 42.0 Å². The van der Waals surface area contributed by atoms with Gasteiger partial charge in [-0.25, -0.2) is 8.42 Å². The maximum Gasteiger partial charge on any atom is 0.243 e. The Bertz CT molecular complexity index is 1150. The molecule has 1 aliphatic heterocycles. The molecule has 6 nitrogen and oxygen atoms in total. The summed E-state index contributed by atoms with van der Waals surface area (Å²) < 4.78 is 27.6. The smallest absolute Gasteiger partial charge is 0.243 e. The highest BCUT2D eigenvalue weighted by Gasteiger charge is 2.29. The molecule has 1 N–H and O–H groups in total. The molecule has 0 atom stereocenters. The van der Waals surface area contributed by atoms with Crippen LogP contribution < -0.4 is 5.32 Å². The molecule has 158 valence electrons. The van der Waals surface area contributed by atoms with Crippen molar-refractivity contribution in [3.63, 3.8) is 0 Å². The number of rotatable bonds is 6. The Hall–Kier alpha value is -2.26. The number of nitrogens with zero attached hydrogens (tertiary/aromatic N) is 2. The monoisotopic (exact) mass is 443 g/mol. The van der Waals surface area contributed by atoms with E-state index in [0.29, 0.717) is 37.6 Å². The predicted molar refractivity (Wildman–Crippen MR) is 120 cm³/mol. The van der Waals surface area contributed by atoms with Gasteiger partial charge in [0.15, 0.2) is 0 Å². The molecule has 1 aliphatic rings. The summed E-state index contributed by atoms with van der Waals surface area (Å²) >= 11 is 1.68. The van der Waals surface area contributed by atoms with Crippen molar-refractivity contribution < 1.29 is 13.2 Å². The van der Waals surface area contributed by atoms with Gasteiger partial charge in [-0.2, -0.15) is 4.31 Å². The van der Waals surface area contributed by atoms with E-state index in [1.54, 1.807) is 23.5 Å². The number of carbonyl (C=O) groups is 1. The second-order valence-corrected chi connectivity index (χ2v) is 10.8. The van der Waals surface area contributed by atoms with Gasteiger partial charge >= 0.3 is 0 Å². The third-order valence-electron chi connectivity index (χ3n) is 5.31. The Balaban J connectivity index is 1.32. The van der Waals surface area contributed by atoms with Crippen LogP contribution in [-0.2, 0) is 21.4 Å². The first kappa shape index (κ1) is 21.0. The summed E-state index contributed by atoms with van der Waals surface area (Å²) in [6.45, 7) is 4.71. The van der Waals surface area contributed by atoms with E-state index in [0.717, 1.165) is 15.6 Å². The lowest BCUT2D eigenvalue weighted by Gasteiger charge is -2.33. The number of fused-ring (bicyclic) bond motifs is 1. The Morgan fingerprint density at radius 2 is 1.73 bits per heavy atom. The van der Waals surface area contributed by atoms with Crippen molar-refractivity contribution in [1.29, 1.82) is 0 Å². The number of nitrogens with one attached hydrogen (secondary N) is 1. The summed E-state index contributed by atoms with van der Waals surface area (Å²) in [5.41, 5.74) is 0. The first-order valence-electron chi connectivity index (χ1n) is 9.95. The number of thiophene rings is 1. The molecule has 1 amide bonds. The predicted octanol–water partition coefficient (Wildman–Crippen LogP) is 2.83. The van der Waals surface area contributed by atoms with Gasteiger partial charge in [0, 0.05) is 35.9 Å². The van der Waals surface area contributed by atoms with Crippen molar-refractivity contribution in [2.24, 2.45) is 0 Å². The van der Waals surface area contributed by atoms with E-state index in [-0.39, 0.29) is 12.5 Å². The number of hydrogen-bond acceptors (Lipinski definition) is 5. The SMILES string of the molecule is Cc1ccc(CNC(=O)CN2CCN(S(=O)(=O)c3ccc4ccccc4c3)CC2)s1. The molecule has 1 fully saturated rings. The number of sulfonamides is 1. The summed E-state index contributed by atoms with van der Waals surface area (Å²) in [6.07, 6.45) is 0. The molecule has 0 radical (unpaired) electrons. The van der Waals surface area contributed by atoms with E-state index in [2.05, 4.69) is 5.32 Å². The molecule has 1 aromatic heterocycles. The van der Waals surface area contributed by atoms with E-state index in [1.807, 2.05) is 54.3 Å². The minimum atomic E-state index is -3.54. The lowest BCUT2D eigenvalue weighted by atomic mass is 10.1. The molecule has 2 aromatic carbocycles. The van der Waals surface area contributed by atoms with Crippen molar-refractivity contribution >= 4 is 38.0 Å². The molecular weight excluding hydrogens is 418 g/mol. The molecular formula is C22H25N3O3S2. The van der Waals surface area contributed by atoms with Crippen LogP contribution in [0.4, 0.5) is 0 Å². The molecule has 0 unspecified atom stereocenters. The molecule has 8 heteroatoms. The largest absolute Gasteiger partial charge is 0.350 e. The Morgan fingerprint density at radius 1 is 1.00 bits per heavy atom. The second kappa shape index (κ2) is 8.85. The average molecular weight is 444 g/mol. The van der Waals surface area contributed by atoms with E-state index >= 15 is 0 Å². The van der Waals surface area contributed by atoms with Crippen LogP contribution in [0.2, 0.25) is 0 Å². The van der Waals surface area contributed by atoms with Crippen molar-refractivity contribution in [1.82, 2.24) is 14.5 Å². The van der Waals surface area contributed by atoms with E-state index in [4.69, 9.17) is 0 Å². The quantitative estimate of drug-likeness (QED) is 0.636. The topological polar surface area (TPSA) is 69.7 Å². The van der Waals surface area contributed by atoms with E-state index in [1.165, 1.54) is 9.18 Å². The lowest BCUT2D eigenvalue weighted by Crippen LogP contribution is -2.50. The average Bonchev–Trinajstić information content (AvgIpc) is 3.17. The maximum atomic E-state index is 13.1. The molecule has 30 heavy (non-hydrogen) atoms. The fourth-order valence-corrected chi connectivity index (χ4v) is 5.92. The van der Waals surface area contributed by atoms with Crippen LogP contribution in [0.15, 0.2) is 59.5 Å². The first-order chi connectivity index (χ1) is 14.4. The zero-order valence-electron chi connectivity index (χ0n) is 16.9. The molecule has 1 saturated heterocycles. The van der Waals surface area contributed by atoms with Gasteiger partial charge in [0.2, 0.25) is 15.9 Å². The number of aryl methyl sites for hydroxylation is 1. The molecule has 2 heterocycles. The fourth-order valence-electron chi connectivity index (χ4n) is 3.63. The van der Waals surface area contributed by atoms with Crippen LogP contribution in [0, 0.1) is 6.92 Å². The molecule has 0 aliphatic carbocycles. The van der Waals surface area contributed by atoms with E-state index < -0.39 is 10.0 Å². The van der Waals surface area contributed by atoms with Gasteiger partial charge in [-0.3, -0.25) is 9.69 Å². The standard InChI is InChI=1S/C22H25N3O3S2/c1-17-6-8-20(29-17)15-23-22(26)16-24-10-12-25(13-11-24)30(27,28)21-9-7-18-4-2-3-5-19(18)14-21/h2-9,14H,10-13,15-16H2,1H3,(H,23,26). The Morgan fingerprint density at radius 3 is 2.43 bits per heavy atom. The molecule has 3 aromatic rings. The summed E-state index contributed by atoms with van der Waals surface area (Å²) in [5, 5.41) is 4.87. The number of benzene rings is 2. The zero-order valence-corrected chi connectivity index (χ0v) is 18.5. The molecule has 0 saturated carbocycles. The van der Waals surface area contributed by atoms with Gasteiger partial charge in [0.05, 0.1) is 18.0 Å². The number of amides is 1. The molecule has 0 bridgehead atoms. The van der Waals surface area contributed by atoms with Crippen molar-refractivity contribution in [3.8, 4) is 0 Å². The van der Waals surface area contributed by atoms with Gasteiger partial charge < -0.3 is 5.32 Å². The van der Waals surface area contributed by atoms with Crippen LogP contribution in [0.3, 0.4) is 0 Å². The van der Waals surface area contributed by atoms with E-state index in [9.17, 15) is 13.2 Å².